The molecule has 0 atom stereocenters. The maximum absolute atomic E-state index is 13.5. The van der Waals surface area contributed by atoms with Crippen LogP contribution < -0.4 is 5.14 Å². The van der Waals surface area contributed by atoms with Crippen LogP contribution in [0, 0.1) is 5.82 Å². The van der Waals surface area contributed by atoms with Crippen LogP contribution in [0.2, 0.25) is 5.02 Å². The van der Waals surface area contributed by atoms with Gasteiger partial charge in [0.15, 0.2) is 0 Å². The van der Waals surface area contributed by atoms with Crippen LogP contribution in [0.5, 0.6) is 0 Å². The first kappa shape index (κ1) is 20.3. The quantitative estimate of drug-likeness (QED) is 0.560. The van der Waals surface area contributed by atoms with Crippen molar-refractivity contribution < 1.29 is 26.0 Å². The minimum absolute atomic E-state index is 0.130. The Bertz CT molecular complexity index is 1140. The predicted octanol–water partition coefficient (Wildman–Crippen LogP) is 5.48. The zero-order valence-electron chi connectivity index (χ0n) is 14.0. The monoisotopic (exact) mass is 429 g/mol. The van der Waals surface area contributed by atoms with E-state index in [-0.39, 0.29) is 21.0 Å². The molecule has 0 aliphatic heterocycles. The first-order chi connectivity index (χ1) is 13.0. The highest BCUT2D eigenvalue weighted by atomic mass is 35.5. The summed E-state index contributed by atoms with van der Waals surface area (Å²) in [5.74, 6) is -0.698. The van der Waals surface area contributed by atoms with Crippen molar-refractivity contribution in [1.29, 1.82) is 0 Å². The SMILES string of the molecule is NS(=O)(=O)c1ccc(-c2ccc(C(F)(F)F)cc2-c2ccc(F)c(Cl)c2)cc1. The Hall–Kier alpha value is -2.42. The standard InChI is InChI=1S/C19H12ClF4NO2S/c20-17-9-12(3-8-18(17)21)16-10-13(19(22,23)24)4-7-15(16)11-1-5-14(6-2-11)28(25,26)27/h1-10H,(H2,25,26,27). The van der Waals surface area contributed by atoms with Crippen LogP contribution in [0.4, 0.5) is 17.6 Å². The number of nitrogens with two attached hydrogens (primary N) is 1. The van der Waals surface area contributed by atoms with Crippen LogP contribution in [0.1, 0.15) is 5.56 Å². The molecule has 0 aliphatic carbocycles. The van der Waals surface area contributed by atoms with Crippen molar-refractivity contribution in [3.8, 4) is 22.3 Å². The maximum atomic E-state index is 13.5. The third-order valence-corrected chi connectivity index (χ3v) is 5.29. The van der Waals surface area contributed by atoms with E-state index in [1.165, 1.54) is 42.5 Å². The topological polar surface area (TPSA) is 60.2 Å². The first-order valence-corrected chi connectivity index (χ1v) is 9.69. The molecule has 0 amide bonds. The summed E-state index contributed by atoms with van der Waals surface area (Å²) in [4.78, 5) is -0.130. The maximum Gasteiger partial charge on any atom is 0.416 e. The molecular weight excluding hydrogens is 418 g/mol. The fraction of sp³-hybridized carbons (Fsp3) is 0.0526. The molecule has 0 aromatic heterocycles. The number of benzene rings is 3. The second-order valence-corrected chi connectivity index (χ2v) is 7.93. The average Bonchev–Trinajstić information content (AvgIpc) is 2.62. The van der Waals surface area contributed by atoms with Crippen molar-refractivity contribution in [2.75, 3.05) is 0 Å². The fourth-order valence-electron chi connectivity index (χ4n) is 2.70. The molecule has 0 heterocycles. The number of hydrogen-bond donors (Lipinski definition) is 1. The lowest BCUT2D eigenvalue weighted by Crippen LogP contribution is -2.11. The second-order valence-electron chi connectivity index (χ2n) is 5.96. The average molecular weight is 430 g/mol. The summed E-state index contributed by atoms with van der Waals surface area (Å²) in [6, 6.07) is 12.1. The molecule has 9 heteroatoms. The highest BCUT2D eigenvalue weighted by molar-refractivity contribution is 7.89. The highest BCUT2D eigenvalue weighted by Crippen LogP contribution is 2.39. The van der Waals surface area contributed by atoms with E-state index in [1.807, 2.05) is 0 Å². The Labute approximate surface area is 163 Å². The summed E-state index contributed by atoms with van der Waals surface area (Å²) in [6.07, 6.45) is -4.57. The highest BCUT2D eigenvalue weighted by Gasteiger charge is 2.31. The van der Waals surface area contributed by atoms with Gasteiger partial charge in [-0.15, -0.1) is 0 Å². The van der Waals surface area contributed by atoms with E-state index in [4.69, 9.17) is 16.7 Å². The van der Waals surface area contributed by atoms with E-state index in [2.05, 4.69) is 0 Å². The van der Waals surface area contributed by atoms with Gasteiger partial charge in [-0.05, 0) is 58.7 Å². The van der Waals surface area contributed by atoms with Gasteiger partial charge in [-0.25, -0.2) is 17.9 Å². The lowest BCUT2D eigenvalue weighted by molar-refractivity contribution is -0.137. The van der Waals surface area contributed by atoms with Gasteiger partial charge < -0.3 is 0 Å². The van der Waals surface area contributed by atoms with Gasteiger partial charge >= 0.3 is 6.18 Å². The van der Waals surface area contributed by atoms with Gasteiger partial charge in [0, 0.05) is 0 Å². The number of hydrogen-bond acceptors (Lipinski definition) is 2. The Morgan fingerprint density at radius 2 is 1.43 bits per heavy atom. The summed E-state index contributed by atoms with van der Waals surface area (Å²) >= 11 is 5.78. The van der Waals surface area contributed by atoms with Crippen LogP contribution in [-0.2, 0) is 16.2 Å². The molecule has 0 saturated heterocycles. The van der Waals surface area contributed by atoms with Crippen molar-refractivity contribution in [3.63, 3.8) is 0 Å². The van der Waals surface area contributed by atoms with Crippen molar-refractivity contribution in [2.24, 2.45) is 5.14 Å². The molecular formula is C19H12ClF4NO2S. The van der Waals surface area contributed by atoms with E-state index >= 15 is 0 Å². The predicted molar refractivity (Wildman–Crippen MR) is 98.7 cm³/mol. The van der Waals surface area contributed by atoms with Crippen molar-refractivity contribution in [3.05, 3.63) is 77.1 Å². The summed E-state index contributed by atoms with van der Waals surface area (Å²) in [7, 11) is -3.91. The number of sulfonamides is 1. The van der Waals surface area contributed by atoms with E-state index in [0.29, 0.717) is 11.1 Å². The van der Waals surface area contributed by atoms with Crippen molar-refractivity contribution in [2.45, 2.75) is 11.1 Å². The van der Waals surface area contributed by atoms with E-state index in [9.17, 15) is 26.0 Å². The summed E-state index contributed by atoms with van der Waals surface area (Å²) in [6.45, 7) is 0. The Kier molecular flexibility index (Phi) is 5.22. The summed E-state index contributed by atoms with van der Waals surface area (Å²) in [5, 5.41) is 4.83. The number of halogens is 5. The molecule has 3 aromatic rings. The minimum Gasteiger partial charge on any atom is -0.225 e. The Morgan fingerprint density at radius 1 is 0.821 bits per heavy atom. The zero-order valence-corrected chi connectivity index (χ0v) is 15.5. The largest absolute Gasteiger partial charge is 0.416 e. The van der Waals surface area contributed by atoms with Crippen LogP contribution in [-0.4, -0.2) is 8.42 Å². The molecule has 0 saturated carbocycles. The van der Waals surface area contributed by atoms with Gasteiger partial charge in [0.2, 0.25) is 10.0 Å². The number of rotatable bonds is 3. The number of primary sulfonamides is 1. The normalized spacial score (nSPS) is 12.2. The van der Waals surface area contributed by atoms with Crippen LogP contribution >= 0.6 is 11.6 Å². The molecule has 28 heavy (non-hydrogen) atoms. The van der Waals surface area contributed by atoms with Crippen molar-refractivity contribution >= 4 is 21.6 Å². The van der Waals surface area contributed by atoms with Gasteiger partial charge in [-0.3, -0.25) is 0 Å². The van der Waals surface area contributed by atoms with Crippen LogP contribution in [0.25, 0.3) is 22.3 Å². The van der Waals surface area contributed by atoms with Gasteiger partial charge in [0.25, 0.3) is 0 Å². The molecule has 0 radical (unpaired) electrons. The molecule has 2 N–H and O–H groups in total. The van der Waals surface area contributed by atoms with Crippen molar-refractivity contribution in [1.82, 2.24) is 0 Å². The van der Waals surface area contributed by atoms with Gasteiger partial charge in [0.05, 0.1) is 15.5 Å². The first-order valence-electron chi connectivity index (χ1n) is 7.77. The minimum atomic E-state index is -4.57. The molecule has 3 aromatic carbocycles. The lowest BCUT2D eigenvalue weighted by Gasteiger charge is -2.15. The third kappa shape index (κ3) is 4.19. The molecule has 146 valence electrons. The summed E-state index contributed by atoms with van der Waals surface area (Å²) < 4.78 is 75.8. The van der Waals surface area contributed by atoms with E-state index in [1.54, 1.807) is 0 Å². The van der Waals surface area contributed by atoms with Crippen LogP contribution in [0.15, 0.2) is 65.6 Å². The van der Waals surface area contributed by atoms with Crippen LogP contribution in [0.3, 0.4) is 0 Å². The molecule has 0 bridgehead atoms. The molecule has 3 nitrogen and oxygen atoms in total. The molecule has 0 unspecified atom stereocenters. The number of alkyl halides is 3. The molecule has 0 aliphatic rings. The van der Waals surface area contributed by atoms with Gasteiger partial charge in [0.1, 0.15) is 5.82 Å². The molecule has 0 spiro atoms. The smallest absolute Gasteiger partial charge is 0.225 e. The Balaban J connectivity index is 2.21. The lowest BCUT2D eigenvalue weighted by atomic mass is 9.92. The zero-order chi connectivity index (χ0) is 20.7. The second kappa shape index (κ2) is 7.20. The Morgan fingerprint density at radius 3 is 1.96 bits per heavy atom. The third-order valence-electron chi connectivity index (χ3n) is 4.07. The molecule has 3 rings (SSSR count). The van der Waals surface area contributed by atoms with E-state index in [0.717, 1.165) is 18.2 Å². The van der Waals surface area contributed by atoms with Gasteiger partial charge in [-0.1, -0.05) is 35.9 Å². The fourth-order valence-corrected chi connectivity index (χ4v) is 3.39. The molecule has 0 fully saturated rings. The van der Waals surface area contributed by atoms with E-state index < -0.39 is 27.6 Å². The van der Waals surface area contributed by atoms with Gasteiger partial charge in [-0.2, -0.15) is 13.2 Å². The summed E-state index contributed by atoms with van der Waals surface area (Å²) in [5.41, 5.74) is 0.407.